The van der Waals surface area contributed by atoms with Gasteiger partial charge in [-0.1, -0.05) is 20.3 Å². The maximum Gasteiger partial charge on any atom is -0.0234 e. The predicted octanol–water partition coefficient (Wildman–Crippen LogP) is 3.26. The molecule has 1 fully saturated rings. The Bertz CT molecular complexity index is 107. The topological polar surface area (TPSA) is 0 Å². The van der Waals surface area contributed by atoms with E-state index in [9.17, 15) is 0 Å². The van der Waals surface area contributed by atoms with Crippen molar-refractivity contribution in [1.82, 2.24) is 0 Å². The zero-order valence-electron chi connectivity index (χ0n) is 7.41. The van der Waals surface area contributed by atoms with Gasteiger partial charge < -0.3 is 0 Å². The Labute approximate surface area is 66.6 Å². The summed E-state index contributed by atoms with van der Waals surface area (Å²) >= 11 is 0. The van der Waals surface area contributed by atoms with Gasteiger partial charge in [0.25, 0.3) is 0 Å². The van der Waals surface area contributed by atoms with Gasteiger partial charge in [0.1, 0.15) is 0 Å². The Morgan fingerprint density at radius 2 is 2.10 bits per heavy atom. The molecule has 0 heterocycles. The lowest BCUT2D eigenvalue weighted by molar-refractivity contribution is 0.250. The molecule has 0 spiro atoms. The fourth-order valence-corrected chi connectivity index (χ4v) is 3.19. The molecule has 0 nitrogen and oxygen atoms in total. The van der Waals surface area contributed by atoms with Crippen molar-refractivity contribution in [2.45, 2.75) is 45.2 Å². The lowest BCUT2D eigenvalue weighted by Crippen LogP contribution is -2.23. The Balaban J connectivity index is 2.40. The molecule has 1 aliphatic carbocycles. The molecule has 0 saturated heterocycles. The van der Waals surface area contributed by atoms with Crippen LogP contribution in [-0.4, -0.2) is 12.3 Å². The van der Waals surface area contributed by atoms with E-state index in [1.54, 1.807) is 0 Å². The summed E-state index contributed by atoms with van der Waals surface area (Å²) in [5.41, 5.74) is 1.72. The fraction of sp³-hybridized carbons (Fsp3) is 1.00. The van der Waals surface area contributed by atoms with Crippen LogP contribution in [0.15, 0.2) is 0 Å². The molecule has 0 bridgehead atoms. The molecule has 0 radical (unpaired) electrons. The van der Waals surface area contributed by atoms with Crippen molar-refractivity contribution >= 4 is 8.58 Å². The van der Waals surface area contributed by atoms with Crippen LogP contribution in [-0.2, 0) is 0 Å². The van der Waals surface area contributed by atoms with Crippen LogP contribution >= 0.6 is 8.58 Å². The lowest BCUT2D eigenvalue weighted by atomic mass is 9.77. The van der Waals surface area contributed by atoms with Gasteiger partial charge in [-0.05, 0) is 37.0 Å². The van der Waals surface area contributed by atoms with E-state index in [1.807, 2.05) is 0 Å². The molecule has 0 amide bonds. The minimum absolute atomic E-state index is 0.659. The molecule has 1 aliphatic rings. The third kappa shape index (κ3) is 2.23. The first kappa shape index (κ1) is 8.53. The summed E-state index contributed by atoms with van der Waals surface area (Å²) in [7, 11) is 1.17. The highest BCUT2D eigenvalue weighted by Crippen LogP contribution is 2.41. The molecular formula is C9H19P. The van der Waals surface area contributed by atoms with Gasteiger partial charge in [0, 0.05) is 0 Å². The standard InChI is InChI=1S/C9H19P/c1-9(2)6-4-5-8(7-9)10-3/h8,10H,4-7H2,1-3H3. The maximum atomic E-state index is 2.42. The van der Waals surface area contributed by atoms with Crippen LogP contribution in [0.2, 0.25) is 0 Å². The van der Waals surface area contributed by atoms with E-state index in [4.69, 9.17) is 0 Å². The second-order valence-electron chi connectivity index (χ2n) is 4.25. The van der Waals surface area contributed by atoms with Crippen LogP contribution in [0, 0.1) is 5.41 Å². The zero-order chi connectivity index (χ0) is 7.61. The van der Waals surface area contributed by atoms with E-state index in [1.165, 1.54) is 34.3 Å². The highest BCUT2D eigenvalue weighted by Gasteiger charge is 2.26. The van der Waals surface area contributed by atoms with Crippen molar-refractivity contribution in [3.8, 4) is 0 Å². The molecule has 1 rings (SSSR count). The number of hydrogen-bond donors (Lipinski definition) is 0. The second kappa shape index (κ2) is 3.22. The summed E-state index contributed by atoms with van der Waals surface area (Å²) < 4.78 is 0. The van der Waals surface area contributed by atoms with Crippen molar-refractivity contribution in [2.75, 3.05) is 6.66 Å². The molecule has 0 N–H and O–H groups in total. The molecule has 1 heteroatoms. The van der Waals surface area contributed by atoms with E-state index < -0.39 is 0 Å². The maximum absolute atomic E-state index is 2.42. The van der Waals surface area contributed by atoms with Gasteiger partial charge >= 0.3 is 0 Å². The quantitative estimate of drug-likeness (QED) is 0.514. The molecule has 0 aliphatic heterocycles. The van der Waals surface area contributed by atoms with E-state index in [0.717, 1.165) is 5.66 Å². The van der Waals surface area contributed by atoms with Crippen LogP contribution in [0.1, 0.15) is 39.5 Å². The SMILES string of the molecule is CPC1CCCC(C)(C)C1. The molecule has 0 aromatic rings. The molecule has 2 atom stereocenters. The number of hydrogen-bond acceptors (Lipinski definition) is 0. The van der Waals surface area contributed by atoms with E-state index in [0.29, 0.717) is 5.41 Å². The zero-order valence-corrected chi connectivity index (χ0v) is 8.41. The largest absolute Gasteiger partial charge is 0.122 e. The van der Waals surface area contributed by atoms with E-state index in [2.05, 4.69) is 20.5 Å². The molecular weight excluding hydrogens is 139 g/mol. The average Bonchev–Trinajstić information content (AvgIpc) is 1.86. The van der Waals surface area contributed by atoms with Crippen molar-refractivity contribution in [2.24, 2.45) is 5.41 Å². The number of rotatable bonds is 1. The third-order valence-corrected chi connectivity index (χ3v) is 3.92. The van der Waals surface area contributed by atoms with Gasteiger partial charge in [-0.25, -0.2) is 0 Å². The summed E-state index contributed by atoms with van der Waals surface area (Å²) in [4.78, 5) is 0. The smallest absolute Gasteiger partial charge is 0.0234 e. The minimum Gasteiger partial charge on any atom is -0.122 e. The van der Waals surface area contributed by atoms with Crippen LogP contribution in [0.3, 0.4) is 0 Å². The van der Waals surface area contributed by atoms with Gasteiger partial charge in [-0.2, -0.15) is 0 Å². The molecule has 10 heavy (non-hydrogen) atoms. The highest BCUT2D eigenvalue weighted by molar-refractivity contribution is 7.37. The first-order valence-corrected chi connectivity index (χ1v) is 5.89. The molecule has 0 aromatic heterocycles. The summed E-state index contributed by atoms with van der Waals surface area (Å²) in [6.07, 6.45) is 5.90. The molecule has 0 aromatic carbocycles. The summed E-state index contributed by atoms with van der Waals surface area (Å²) in [5.74, 6) is 0. The Kier molecular flexibility index (Phi) is 2.74. The van der Waals surface area contributed by atoms with Gasteiger partial charge in [0.05, 0.1) is 0 Å². The van der Waals surface area contributed by atoms with E-state index >= 15 is 0 Å². The second-order valence-corrected chi connectivity index (χ2v) is 5.64. The van der Waals surface area contributed by atoms with Crippen LogP contribution < -0.4 is 0 Å². The van der Waals surface area contributed by atoms with Crippen molar-refractivity contribution < 1.29 is 0 Å². The normalized spacial score (nSPS) is 33.3. The van der Waals surface area contributed by atoms with Crippen LogP contribution in [0.4, 0.5) is 0 Å². The predicted molar refractivity (Wildman–Crippen MR) is 50.3 cm³/mol. The lowest BCUT2D eigenvalue weighted by Gasteiger charge is -2.34. The summed E-state index contributed by atoms with van der Waals surface area (Å²) in [6, 6.07) is 0. The fourth-order valence-electron chi connectivity index (χ4n) is 1.94. The monoisotopic (exact) mass is 158 g/mol. The molecule has 2 unspecified atom stereocenters. The van der Waals surface area contributed by atoms with Crippen molar-refractivity contribution in [1.29, 1.82) is 0 Å². The van der Waals surface area contributed by atoms with E-state index in [-0.39, 0.29) is 0 Å². The minimum atomic E-state index is 0.659. The Hall–Kier alpha value is 0.430. The average molecular weight is 158 g/mol. The van der Waals surface area contributed by atoms with Crippen molar-refractivity contribution in [3.63, 3.8) is 0 Å². The Morgan fingerprint density at radius 3 is 2.50 bits per heavy atom. The first-order valence-electron chi connectivity index (χ1n) is 4.31. The highest BCUT2D eigenvalue weighted by atomic mass is 31.1. The molecule has 1 saturated carbocycles. The van der Waals surface area contributed by atoms with Crippen molar-refractivity contribution in [3.05, 3.63) is 0 Å². The van der Waals surface area contributed by atoms with Gasteiger partial charge in [-0.15, -0.1) is 8.58 Å². The van der Waals surface area contributed by atoms with Gasteiger partial charge in [-0.3, -0.25) is 0 Å². The van der Waals surface area contributed by atoms with Gasteiger partial charge in [0.15, 0.2) is 0 Å². The summed E-state index contributed by atoms with van der Waals surface area (Å²) in [5, 5.41) is 0. The van der Waals surface area contributed by atoms with Crippen LogP contribution in [0.25, 0.3) is 0 Å². The third-order valence-electron chi connectivity index (χ3n) is 2.61. The summed E-state index contributed by atoms with van der Waals surface area (Å²) in [6.45, 7) is 7.19. The van der Waals surface area contributed by atoms with Gasteiger partial charge in [0.2, 0.25) is 0 Å². The van der Waals surface area contributed by atoms with Crippen LogP contribution in [0.5, 0.6) is 0 Å². The first-order chi connectivity index (χ1) is 4.64. The molecule has 60 valence electrons. The Morgan fingerprint density at radius 1 is 1.40 bits per heavy atom.